The lowest BCUT2D eigenvalue weighted by molar-refractivity contribution is 0.592. The summed E-state index contributed by atoms with van der Waals surface area (Å²) in [5.74, 6) is 0. The lowest BCUT2D eigenvalue weighted by atomic mass is 10.1. The molecule has 1 atom stereocenters. The number of hydrogen-bond acceptors (Lipinski definition) is 2. The number of benzene rings is 1. The Bertz CT molecular complexity index is 552. The van der Waals surface area contributed by atoms with E-state index in [2.05, 4.69) is 6.07 Å². The molecule has 1 unspecified atom stereocenters. The molecule has 1 aromatic heterocycles. The largest absolute Gasteiger partial charge is 0.331 e. The lowest BCUT2D eigenvalue weighted by Crippen LogP contribution is -2.21. The Morgan fingerprint density at radius 3 is 2.71 bits per heavy atom. The van der Waals surface area contributed by atoms with Crippen LogP contribution < -0.4 is 5.73 Å². The molecular formula is C13H12ClN3. The zero-order valence-electron chi connectivity index (χ0n) is 9.18. The van der Waals surface area contributed by atoms with E-state index in [4.69, 9.17) is 22.6 Å². The van der Waals surface area contributed by atoms with E-state index in [-0.39, 0.29) is 6.04 Å². The minimum Gasteiger partial charge on any atom is -0.331 e. The summed E-state index contributed by atoms with van der Waals surface area (Å²) in [6, 6.07) is 13.2. The summed E-state index contributed by atoms with van der Waals surface area (Å²) in [5.41, 5.74) is 7.32. The Balaban J connectivity index is 2.49. The Morgan fingerprint density at radius 2 is 2.06 bits per heavy atom. The molecule has 2 aromatic rings. The summed E-state index contributed by atoms with van der Waals surface area (Å²) in [4.78, 5) is 0. The molecule has 0 bridgehead atoms. The molecule has 86 valence electrons. The predicted octanol–water partition coefficient (Wildman–Crippen LogP) is 2.56. The van der Waals surface area contributed by atoms with Gasteiger partial charge < -0.3 is 10.3 Å². The third-order valence-electron chi connectivity index (χ3n) is 2.72. The summed E-state index contributed by atoms with van der Waals surface area (Å²) in [5, 5.41) is 9.69. The molecule has 0 saturated carbocycles. The Kier molecular flexibility index (Phi) is 3.48. The molecule has 0 radical (unpaired) electrons. The van der Waals surface area contributed by atoms with Crippen molar-refractivity contribution in [1.82, 2.24) is 4.57 Å². The number of halogens is 1. The van der Waals surface area contributed by atoms with Gasteiger partial charge in [-0.2, -0.15) is 5.26 Å². The van der Waals surface area contributed by atoms with Crippen molar-refractivity contribution >= 4 is 11.6 Å². The van der Waals surface area contributed by atoms with Crippen molar-refractivity contribution < 1.29 is 0 Å². The number of aromatic nitrogens is 1. The maximum absolute atomic E-state index is 9.02. The van der Waals surface area contributed by atoms with E-state index in [1.165, 1.54) is 0 Å². The van der Waals surface area contributed by atoms with E-state index in [9.17, 15) is 0 Å². The molecule has 0 fully saturated rings. The van der Waals surface area contributed by atoms with Crippen LogP contribution in [-0.2, 0) is 0 Å². The normalized spacial score (nSPS) is 12.1. The Labute approximate surface area is 105 Å². The number of nitrogens with two attached hydrogens (primary N) is 1. The van der Waals surface area contributed by atoms with Crippen LogP contribution in [0.25, 0.3) is 0 Å². The van der Waals surface area contributed by atoms with Gasteiger partial charge in [0.2, 0.25) is 0 Å². The van der Waals surface area contributed by atoms with Crippen molar-refractivity contribution in [3.8, 4) is 6.07 Å². The Morgan fingerprint density at radius 1 is 1.29 bits per heavy atom. The molecule has 0 saturated heterocycles. The minimum atomic E-state index is -0.103. The van der Waals surface area contributed by atoms with Gasteiger partial charge in [0.15, 0.2) is 0 Å². The molecule has 0 aliphatic heterocycles. The highest BCUT2D eigenvalue weighted by Crippen LogP contribution is 2.26. The van der Waals surface area contributed by atoms with Crippen molar-refractivity contribution in [2.75, 3.05) is 6.54 Å². The van der Waals surface area contributed by atoms with Crippen LogP contribution >= 0.6 is 11.6 Å². The monoisotopic (exact) mass is 245 g/mol. The lowest BCUT2D eigenvalue weighted by Gasteiger charge is -2.19. The molecule has 3 nitrogen and oxygen atoms in total. The first kappa shape index (κ1) is 11.7. The summed E-state index contributed by atoms with van der Waals surface area (Å²) in [7, 11) is 0. The van der Waals surface area contributed by atoms with Crippen LogP contribution in [0.2, 0.25) is 5.02 Å². The van der Waals surface area contributed by atoms with Gasteiger partial charge in [0.05, 0.1) is 6.04 Å². The minimum absolute atomic E-state index is 0.103. The van der Waals surface area contributed by atoms with E-state index in [1.807, 2.05) is 41.1 Å². The van der Waals surface area contributed by atoms with Crippen LogP contribution in [0.3, 0.4) is 0 Å². The molecule has 4 heteroatoms. The molecule has 0 amide bonds. The van der Waals surface area contributed by atoms with E-state index >= 15 is 0 Å². The first-order valence-corrected chi connectivity index (χ1v) is 5.67. The molecule has 1 aromatic carbocycles. The summed E-state index contributed by atoms with van der Waals surface area (Å²) in [6.07, 6.45) is 1.85. The molecule has 17 heavy (non-hydrogen) atoms. The fraction of sp³-hybridized carbons (Fsp3) is 0.154. The summed E-state index contributed by atoms with van der Waals surface area (Å²) >= 11 is 6.16. The molecule has 0 aliphatic rings. The standard InChI is InChI=1S/C13H12ClN3/c14-12-6-2-1-5-11(12)13(9-16)17-7-3-4-10(17)8-15/h1-7,13H,9,16H2. The van der Waals surface area contributed by atoms with Crippen LogP contribution in [0.5, 0.6) is 0 Å². The topological polar surface area (TPSA) is 54.7 Å². The van der Waals surface area contributed by atoms with Crippen molar-refractivity contribution in [2.24, 2.45) is 5.73 Å². The summed E-state index contributed by atoms with van der Waals surface area (Å²) in [6.45, 7) is 0.396. The van der Waals surface area contributed by atoms with E-state index in [1.54, 1.807) is 6.07 Å². The predicted molar refractivity (Wildman–Crippen MR) is 67.8 cm³/mol. The highest BCUT2D eigenvalue weighted by Gasteiger charge is 2.16. The van der Waals surface area contributed by atoms with Gasteiger partial charge in [0, 0.05) is 17.8 Å². The van der Waals surface area contributed by atoms with Crippen molar-refractivity contribution in [2.45, 2.75) is 6.04 Å². The van der Waals surface area contributed by atoms with E-state index in [0.717, 1.165) is 5.56 Å². The van der Waals surface area contributed by atoms with Gasteiger partial charge >= 0.3 is 0 Å². The maximum atomic E-state index is 9.02. The first-order chi connectivity index (χ1) is 8.27. The fourth-order valence-corrected chi connectivity index (χ4v) is 2.16. The van der Waals surface area contributed by atoms with E-state index < -0.39 is 0 Å². The average Bonchev–Trinajstić information content (AvgIpc) is 2.81. The van der Waals surface area contributed by atoms with Crippen molar-refractivity contribution in [1.29, 1.82) is 5.26 Å². The highest BCUT2D eigenvalue weighted by molar-refractivity contribution is 6.31. The molecule has 0 spiro atoms. The quantitative estimate of drug-likeness (QED) is 0.904. The summed E-state index contributed by atoms with van der Waals surface area (Å²) < 4.78 is 1.85. The third kappa shape index (κ3) is 2.19. The molecule has 0 aliphatic carbocycles. The van der Waals surface area contributed by atoms with Crippen molar-refractivity contribution in [3.05, 3.63) is 58.9 Å². The number of hydrogen-bond donors (Lipinski definition) is 1. The number of rotatable bonds is 3. The third-order valence-corrected chi connectivity index (χ3v) is 3.06. The molecule has 1 heterocycles. The second-order valence-electron chi connectivity index (χ2n) is 3.69. The Hall–Kier alpha value is -1.76. The average molecular weight is 246 g/mol. The smallest absolute Gasteiger partial charge is 0.120 e. The molecule has 2 rings (SSSR count). The van der Waals surface area contributed by atoms with Gasteiger partial charge in [-0.3, -0.25) is 0 Å². The number of nitrogens with zero attached hydrogens (tertiary/aromatic N) is 2. The van der Waals surface area contributed by atoms with Crippen molar-refractivity contribution in [3.63, 3.8) is 0 Å². The molecular weight excluding hydrogens is 234 g/mol. The van der Waals surface area contributed by atoms with Gasteiger partial charge in [-0.1, -0.05) is 29.8 Å². The SMILES string of the molecule is N#Cc1cccn1C(CN)c1ccccc1Cl. The second kappa shape index (κ2) is 5.05. The van der Waals surface area contributed by atoms with Crippen LogP contribution in [0.15, 0.2) is 42.6 Å². The molecule has 2 N–H and O–H groups in total. The van der Waals surface area contributed by atoms with Crippen LogP contribution in [0.4, 0.5) is 0 Å². The fourth-order valence-electron chi connectivity index (χ4n) is 1.90. The highest BCUT2D eigenvalue weighted by atomic mass is 35.5. The van der Waals surface area contributed by atoms with E-state index in [0.29, 0.717) is 17.3 Å². The van der Waals surface area contributed by atoms with Crippen LogP contribution in [0.1, 0.15) is 17.3 Å². The van der Waals surface area contributed by atoms with Gasteiger partial charge in [-0.05, 0) is 23.8 Å². The zero-order valence-corrected chi connectivity index (χ0v) is 9.93. The van der Waals surface area contributed by atoms with Gasteiger partial charge in [-0.25, -0.2) is 0 Å². The van der Waals surface area contributed by atoms with Gasteiger partial charge in [-0.15, -0.1) is 0 Å². The zero-order chi connectivity index (χ0) is 12.3. The van der Waals surface area contributed by atoms with Crippen LogP contribution in [0, 0.1) is 11.3 Å². The first-order valence-electron chi connectivity index (χ1n) is 5.29. The number of nitriles is 1. The van der Waals surface area contributed by atoms with Gasteiger partial charge in [0.25, 0.3) is 0 Å². The maximum Gasteiger partial charge on any atom is 0.120 e. The second-order valence-corrected chi connectivity index (χ2v) is 4.09. The van der Waals surface area contributed by atoms with Gasteiger partial charge in [0.1, 0.15) is 11.8 Å². The van der Waals surface area contributed by atoms with Crippen LogP contribution in [-0.4, -0.2) is 11.1 Å².